The van der Waals surface area contributed by atoms with Gasteiger partial charge < -0.3 is 20.1 Å². The van der Waals surface area contributed by atoms with Gasteiger partial charge in [-0.1, -0.05) is 17.7 Å². The van der Waals surface area contributed by atoms with Crippen molar-refractivity contribution in [3.8, 4) is 23.1 Å². The number of carbonyl (C=O) groups is 1. The molecule has 2 aromatic heterocycles. The van der Waals surface area contributed by atoms with E-state index in [1.807, 2.05) is 11.9 Å². The van der Waals surface area contributed by atoms with Crippen LogP contribution in [0.25, 0.3) is 5.69 Å². The van der Waals surface area contributed by atoms with Crippen molar-refractivity contribution in [1.82, 2.24) is 9.55 Å². The van der Waals surface area contributed by atoms with Crippen molar-refractivity contribution in [2.45, 2.75) is 6.42 Å². The van der Waals surface area contributed by atoms with Crippen LogP contribution in [0.15, 0.2) is 65.6 Å². The Kier molecular flexibility index (Phi) is 6.73. The highest BCUT2D eigenvalue weighted by Crippen LogP contribution is 2.34. The number of anilines is 2. The molecular weight excluding hydrogens is 518 g/mol. The summed E-state index contributed by atoms with van der Waals surface area (Å²) < 4.78 is 40.9. The molecule has 2 aromatic carbocycles. The number of aromatic nitrogens is 2. The first kappa shape index (κ1) is 25.2. The molecule has 0 saturated carbocycles. The molecule has 0 atom stereocenters. The number of hydrogen-bond donors (Lipinski definition) is 1. The van der Waals surface area contributed by atoms with Crippen molar-refractivity contribution in [3.63, 3.8) is 0 Å². The van der Waals surface area contributed by atoms with Crippen LogP contribution in [0.4, 0.5) is 20.3 Å². The molecule has 0 spiro atoms. The molecule has 0 amide bonds. The van der Waals surface area contributed by atoms with E-state index in [9.17, 15) is 18.4 Å². The summed E-state index contributed by atoms with van der Waals surface area (Å²) in [4.78, 5) is 32.5. The van der Waals surface area contributed by atoms with Gasteiger partial charge in [0.25, 0.3) is 5.56 Å². The number of benzene rings is 2. The summed E-state index contributed by atoms with van der Waals surface area (Å²) in [6.07, 6.45) is 1.13. The van der Waals surface area contributed by atoms with Crippen LogP contribution in [0.2, 0.25) is 5.02 Å². The minimum absolute atomic E-state index is 0.0409. The number of halogens is 3. The molecule has 3 heterocycles. The maximum Gasteiger partial charge on any atom is 0.268 e. The van der Waals surface area contributed by atoms with E-state index < -0.39 is 23.0 Å². The molecule has 0 unspecified atom stereocenters. The Hall–Kier alpha value is -4.44. The molecule has 4 aromatic rings. The molecule has 1 aliphatic heterocycles. The van der Waals surface area contributed by atoms with E-state index in [4.69, 9.17) is 26.8 Å². The fourth-order valence-electron chi connectivity index (χ4n) is 4.08. The summed E-state index contributed by atoms with van der Waals surface area (Å²) in [7, 11) is 1.81. The number of fused-ring (bicyclic) bond motifs is 1. The van der Waals surface area contributed by atoms with Crippen molar-refractivity contribution in [1.29, 1.82) is 0 Å². The van der Waals surface area contributed by atoms with Crippen LogP contribution >= 0.6 is 11.6 Å². The molecule has 11 heteroatoms. The van der Waals surface area contributed by atoms with E-state index in [1.165, 1.54) is 59.3 Å². The molecule has 0 bridgehead atoms. The van der Waals surface area contributed by atoms with Gasteiger partial charge in [-0.3, -0.25) is 9.59 Å². The zero-order chi connectivity index (χ0) is 27.0. The van der Waals surface area contributed by atoms with Crippen LogP contribution < -0.4 is 25.7 Å². The number of likely N-dealkylation sites (N-methyl/N-ethyl adjacent to an activating group) is 1. The molecule has 8 nitrogen and oxygen atoms in total. The third-order valence-electron chi connectivity index (χ3n) is 6.06. The van der Waals surface area contributed by atoms with E-state index in [0.29, 0.717) is 30.1 Å². The Morgan fingerprint density at radius 3 is 2.63 bits per heavy atom. The van der Waals surface area contributed by atoms with Gasteiger partial charge in [0.1, 0.15) is 23.3 Å². The Balaban J connectivity index is 1.47. The smallest absolute Gasteiger partial charge is 0.268 e. The monoisotopic (exact) mass is 538 g/mol. The lowest BCUT2D eigenvalue weighted by Crippen LogP contribution is -2.35. The van der Waals surface area contributed by atoms with Crippen molar-refractivity contribution in [2.75, 3.05) is 30.8 Å². The number of pyridine rings is 2. The second-order valence-corrected chi connectivity index (χ2v) is 8.99. The maximum atomic E-state index is 14.8. The summed E-state index contributed by atoms with van der Waals surface area (Å²) in [5.74, 6) is -1.42. The van der Waals surface area contributed by atoms with E-state index in [1.54, 1.807) is 0 Å². The minimum atomic E-state index is -0.732. The summed E-state index contributed by atoms with van der Waals surface area (Å²) in [6.45, 7) is 0.879. The lowest BCUT2D eigenvalue weighted by atomic mass is 10.0. The SMILES string of the molecule is CN1CCOc2c1cc(C(=O)Cc1ccc(Oc3ccnc(N)c3Cl)c(F)c1)c(=O)n2-c1ccc(F)cc1. The van der Waals surface area contributed by atoms with Crippen molar-refractivity contribution >= 4 is 28.9 Å². The number of hydrogen-bond acceptors (Lipinski definition) is 7. The highest BCUT2D eigenvalue weighted by Gasteiger charge is 2.26. The number of ether oxygens (including phenoxy) is 2. The van der Waals surface area contributed by atoms with Gasteiger partial charge in [-0.05, 0) is 48.0 Å². The van der Waals surface area contributed by atoms with Gasteiger partial charge in [0.05, 0.1) is 23.5 Å². The topological polar surface area (TPSA) is 99.7 Å². The Labute approximate surface area is 220 Å². The number of rotatable bonds is 6. The lowest BCUT2D eigenvalue weighted by molar-refractivity contribution is 0.0991. The van der Waals surface area contributed by atoms with E-state index >= 15 is 0 Å². The van der Waals surface area contributed by atoms with Crippen LogP contribution in [-0.2, 0) is 6.42 Å². The van der Waals surface area contributed by atoms with Crippen LogP contribution in [0.3, 0.4) is 0 Å². The van der Waals surface area contributed by atoms with Gasteiger partial charge >= 0.3 is 0 Å². The molecule has 5 rings (SSSR count). The number of carbonyl (C=O) groups excluding carboxylic acids is 1. The third-order valence-corrected chi connectivity index (χ3v) is 6.44. The fourth-order valence-corrected chi connectivity index (χ4v) is 4.23. The van der Waals surface area contributed by atoms with Crippen LogP contribution in [-0.4, -0.2) is 35.5 Å². The first-order valence-corrected chi connectivity index (χ1v) is 11.9. The highest BCUT2D eigenvalue weighted by molar-refractivity contribution is 6.34. The Morgan fingerprint density at radius 2 is 1.89 bits per heavy atom. The Bertz CT molecular complexity index is 1610. The zero-order valence-corrected chi connectivity index (χ0v) is 20.8. The van der Waals surface area contributed by atoms with Gasteiger partial charge in [0.15, 0.2) is 23.1 Å². The third kappa shape index (κ3) is 4.78. The number of nitrogen functional groups attached to an aromatic ring is 1. The van der Waals surface area contributed by atoms with Gasteiger partial charge in [0, 0.05) is 25.7 Å². The molecular formula is C27H21ClF2N4O4. The van der Waals surface area contributed by atoms with Crippen LogP contribution in [0.5, 0.6) is 17.4 Å². The predicted octanol–water partition coefficient (Wildman–Crippen LogP) is 4.79. The zero-order valence-electron chi connectivity index (χ0n) is 20.1. The van der Waals surface area contributed by atoms with E-state index in [2.05, 4.69) is 4.98 Å². The quantitative estimate of drug-likeness (QED) is 0.352. The van der Waals surface area contributed by atoms with Gasteiger partial charge in [0.2, 0.25) is 5.88 Å². The minimum Gasteiger partial charge on any atom is -0.475 e. The number of nitrogens with two attached hydrogens (primary N) is 1. The largest absolute Gasteiger partial charge is 0.475 e. The highest BCUT2D eigenvalue weighted by atomic mass is 35.5. The Morgan fingerprint density at radius 1 is 1.13 bits per heavy atom. The normalized spacial score (nSPS) is 12.6. The van der Waals surface area contributed by atoms with Gasteiger partial charge in [-0.15, -0.1) is 0 Å². The maximum absolute atomic E-state index is 14.8. The van der Waals surface area contributed by atoms with E-state index in [-0.39, 0.29) is 40.2 Å². The van der Waals surface area contributed by atoms with Gasteiger partial charge in [-0.25, -0.2) is 18.3 Å². The molecule has 2 N–H and O–H groups in total. The fraction of sp³-hybridized carbons (Fsp3) is 0.148. The van der Waals surface area contributed by atoms with Gasteiger partial charge in [-0.2, -0.15) is 0 Å². The second-order valence-electron chi connectivity index (χ2n) is 8.61. The number of Topliss-reactive ketones (excluding diaryl/α,β-unsaturated/α-hetero) is 1. The van der Waals surface area contributed by atoms with Crippen molar-refractivity contribution < 1.29 is 23.0 Å². The first-order valence-electron chi connectivity index (χ1n) is 11.5. The molecule has 0 fully saturated rings. The number of nitrogens with zero attached hydrogens (tertiary/aromatic N) is 3. The lowest BCUT2D eigenvalue weighted by Gasteiger charge is -2.30. The second kappa shape index (κ2) is 10.1. The first-order chi connectivity index (χ1) is 18.2. The van der Waals surface area contributed by atoms with Crippen molar-refractivity contribution in [3.05, 3.63) is 98.9 Å². The summed E-state index contributed by atoms with van der Waals surface area (Å²) >= 11 is 6.06. The predicted molar refractivity (Wildman–Crippen MR) is 139 cm³/mol. The van der Waals surface area contributed by atoms with E-state index in [0.717, 1.165) is 6.07 Å². The summed E-state index contributed by atoms with van der Waals surface area (Å²) in [5.41, 5.74) is 6.14. The average Bonchev–Trinajstić information content (AvgIpc) is 2.89. The van der Waals surface area contributed by atoms with Crippen molar-refractivity contribution in [2.24, 2.45) is 0 Å². The average molecular weight is 539 g/mol. The van der Waals surface area contributed by atoms with Crippen LogP contribution in [0, 0.1) is 11.6 Å². The molecule has 38 heavy (non-hydrogen) atoms. The molecule has 194 valence electrons. The molecule has 0 radical (unpaired) electrons. The molecule has 1 aliphatic rings. The molecule has 0 aliphatic carbocycles. The summed E-state index contributed by atoms with van der Waals surface area (Å²) in [5, 5.41) is 0.0462. The summed E-state index contributed by atoms with van der Waals surface area (Å²) in [6, 6.07) is 12.2. The molecule has 0 saturated heterocycles. The van der Waals surface area contributed by atoms with Crippen LogP contribution in [0.1, 0.15) is 15.9 Å². The standard InChI is InChI=1S/C27H21ClF2N4O4/c1-33-10-11-37-27-20(33)14-18(26(36)34(27)17-5-3-16(29)4-6-17)21(35)13-15-2-7-22(19(30)12-15)38-23-8-9-32-25(31)24(23)28/h2-9,12,14H,10-11,13H2,1H3,(H2,31,32). The number of ketones is 1.